The summed E-state index contributed by atoms with van der Waals surface area (Å²) in [6.07, 6.45) is 0. The first-order chi connectivity index (χ1) is 12.3. The van der Waals surface area contributed by atoms with E-state index in [1.165, 1.54) is 23.6 Å². The summed E-state index contributed by atoms with van der Waals surface area (Å²) in [7, 11) is 0. The third-order valence-corrected chi connectivity index (χ3v) is 5.95. The minimum Gasteiger partial charge on any atom is -0.480 e. The zero-order valence-corrected chi connectivity index (χ0v) is 16.1. The summed E-state index contributed by atoms with van der Waals surface area (Å²) in [5, 5.41) is 11.6. The first-order valence-electron chi connectivity index (χ1n) is 7.95. The number of thioether (sulfide) groups is 2. The number of carbonyl (C=O) groups is 4. The molecule has 1 saturated heterocycles. The zero-order chi connectivity index (χ0) is 19.3. The van der Waals surface area contributed by atoms with Crippen LogP contribution in [0.1, 0.15) is 24.2 Å². The molecule has 0 aromatic heterocycles. The van der Waals surface area contributed by atoms with Crippen molar-refractivity contribution < 1.29 is 24.3 Å². The van der Waals surface area contributed by atoms with Gasteiger partial charge >= 0.3 is 5.97 Å². The maximum atomic E-state index is 12.4. The summed E-state index contributed by atoms with van der Waals surface area (Å²) in [5.41, 5.74) is 1.08. The van der Waals surface area contributed by atoms with Gasteiger partial charge in [-0.1, -0.05) is 18.7 Å². The highest BCUT2D eigenvalue weighted by Crippen LogP contribution is 2.25. The van der Waals surface area contributed by atoms with Crippen LogP contribution in [0.25, 0.3) is 0 Å². The van der Waals surface area contributed by atoms with E-state index in [0.717, 1.165) is 11.8 Å². The molecule has 2 atom stereocenters. The molecule has 0 aliphatic carbocycles. The molecular weight excluding hydrogens is 376 g/mol. The standard InChI is InChI=1S/C17H20N2O5S2/c1-10(15(21)19-9-25-8-14(19)16(22)23)7-26-17(24)12-3-5-13(6-4-12)18-11(2)20/h3-6,10,14H,7-9H2,1-2H3,(H,18,20)(H,22,23)/t10-,14+/m1/s1. The van der Waals surface area contributed by atoms with Crippen molar-refractivity contribution in [3.05, 3.63) is 29.8 Å². The molecule has 1 fully saturated rings. The van der Waals surface area contributed by atoms with Crippen LogP contribution in [0.5, 0.6) is 0 Å². The second kappa shape index (κ2) is 9.09. The topological polar surface area (TPSA) is 104 Å². The summed E-state index contributed by atoms with van der Waals surface area (Å²) in [6, 6.07) is 5.72. The van der Waals surface area contributed by atoms with Gasteiger partial charge in [-0.2, -0.15) is 0 Å². The number of nitrogens with zero attached hydrogens (tertiary/aromatic N) is 1. The van der Waals surface area contributed by atoms with E-state index in [-0.39, 0.29) is 22.7 Å². The van der Waals surface area contributed by atoms with E-state index in [9.17, 15) is 19.2 Å². The molecule has 0 unspecified atom stereocenters. The van der Waals surface area contributed by atoms with Crippen LogP contribution in [0.3, 0.4) is 0 Å². The number of amides is 2. The Morgan fingerprint density at radius 2 is 1.96 bits per heavy atom. The smallest absolute Gasteiger partial charge is 0.327 e. The summed E-state index contributed by atoms with van der Waals surface area (Å²) in [5.74, 6) is -0.862. The normalized spacial score (nSPS) is 17.6. The lowest BCUT2D eigenvalue weighted by Gasteiger charge is -2.23. The number of hydrogen-bond donors (Lipinski definition) is 2. The number of nitrogens with one attached hydrogen (secondary N) is 1. The maximum absolute atomic E-state index is 12.4. The van der Waals surface area contributed by atoms with Gasteiger partial charge in [0.15, 0.2) is 0 Å². The number of carboxylic acids is 1. The Balaban J connectivity index is 1.89. The van der Waals surface area contributed by atoms with Crippen LogP contribution < -0.4 is 5.32 Å². The third kappa shape index (κ3) is 5.25. The van der Waals surface area contributed by atoms with E-state index < -0.39 is 17.9 Å². The van der Waals surface area contributed by atoms with Crippen molar-refractivity contribution in [1.29, 1.82) is 0 Å². The number of rotatable bonds is 6. The molecule has 1 aromatic carbocycles. The first-order valence-corrected chi connectivity index (χ1v) is 10.1. The van der Waals surface area contributed by atoms with Crippen molar-refractivity contribution >= 4 is 52.1 Å². The fourth-order valence-electron chi connectivity index (χ4n) is 2.40. The molecule has 0 bridgehead atoms. The van der Waals surface area contributed by atoms with E-state index in [2.05, 4.69) is 5.32 Å². The molecule has 2 N–H and O–H groups in total. The lowest BCUT2D eigenvalue weighted by Crippen LogP contribution is -2.44. The monoisotopic (exact) mass is 396 g/mol. The average Bonchev–Trinajstić information content (AvgIpc) is 3.08. The van der Waals surface area contributed by atoms with Gasteiger partial charge in [0.2, 0.25) is 16.9 Å². The van der Waals surface area contributed by atoms with Gasteiger partial charge in [0.1, 0.15) is 6.04 Å². The third-order valence-electron chi connectivity index (χ3n) is 3.78. The molecule has 0 saturated carbocycles. The quantitative estimate of drug-likeness (QED) is 0.759. The van der Waals surface area contributed by atoms with Crippen molar-refractivity contribution in [3.63, 3.8) is 0 Å². The van der Waals surface area contributed by atoms with E-state index in [1.807, 2.05) is 0 Å². The van der Waals surface area contributed by atoms with E-state index in [4.69, 9.17) is 5.11 Å². The van der Waals surface area contributed by atoms with Gasteiger partial charge in [0.25, 0.3) is 0 Å². The largest absolute Gasteiger partial charge is 0.480 e. The minimum atomic E-state index is -1.00. The van der Waals surface area contributed by atoms with Gasteiger partial charge in [-0.3, -0.25) is 14.4 Å². The van der Waals surface area contributed by atoms with Gasteiger partial charge in [0.05, 0.1) is 5.88 Å². The number of hydrogen-bond acceptors (Lipinski definition) is 6. The summed E-state index contributed by atoms with van der Waals surface area (Å²) >= 11 is 2.44. The predicted molar refractivity (Wildman–Crippen MR) is 102 cm³/mol. The van der Waals surface area contributed by atoms with Crippen LogP contribution in [0.15, 0.2) is 24.3 Å². The molecule has 1 aromatic rings. The highest BCUT2D eigenvalue weighted by Gasteiger charge is 2.36. The molecule has 1 aliphatic rings. The van der Waals surface area contributed by atoms with E-state index in [1.54, 1.807) is 31.2 Å². The van der Waals surface area contributed by atoms with Crippen LogP contribution in [0.2, 0.25) is 0 Å². The molecule has 9 heteroatoms. The van der Waals surface area contributed by atoms with Crippen molar-refractivity contribution in [3.8, 4) is 0 Å². The molecule has 2 rings (SSSR count). The summed E-state index contributed by atoms with van der Waals surface area (Å²) in [4.78, 5) is 48.2. The highest BCUT2D eigenvalue weighted by molar-refractivity contribution is 8.14. The zero-order valence-electron chi connectivity index (χ0n) is 14.4. The average molecular weight is 396 g/mol. The van der Waals surface area contributed by atoms with Gasteiger partial charge in [-0.25, -0.2) is 4.79 Å². The van der Waals surface area contributed by atoms with Crippen LogP contribution in [0.4, 0.5) is 5.69 Å². The summed E-state index contributed by atoms with van der Waals surface area (Å²) < 4.78 is 0. The van der Waals surface area contributed by atoms with Gasteiger partial charge < -0.3 is 15.3 Å². The van der Waals surface area contributed by atoms with Crippen LogP contribution >= 0.6 is 23.5 Å². The summed E-state index contributed by atoms with van der Waals surface area (Å²) in [6.45, 7) is 3.10. The molecule has 0 radical (unpaired) electrons. The fraction of sp³-hybridized carbons (Fsp3) is 0.412. The molecule has 0 spiro atoms. The Bertz CT molecular complexity index is 708. The fourth-order valence-corrected chi connectivity index (χ4v) is 4.40. The number of anilines is 1. The molecule has 1 aliphatic heterocycles. The highest BCUT2D eigenvalue weighted by atomic mass is 32.2. The number of carboxylic acid groups (broad SMARTS) is 1. The Morgan fingerprint density at radius 3 is 2.54 bits per heavy atom. The Labute approximate surface area is 159 Å². The Morgan fingerprint density at radius 1 is 1.31 bits per heavy atom. The van der Waals surface area contributed by atoms with Crippen LogP contribution in [0, 0.1) is 5.92 Å². The number of aliphatic carboxylic acids is 1. The van der Waals surface area contributed by atoms with E-state index >= 15 is 0 Å². The van der Waals surface area contributed by atoms with Gasteiger partial charge in [-0.05, 0) is 24.3 Å². The number of carbonyl (C=O) groups excluding carboxylic acids is 3. The molecule has 140 valence electrons. The Hall–Kier alpha value is -2.00. The van der Waals surface area contributed by atoms with Crippen molar-refractivity contribution in [2.24, 2.45) is 5.92 Å². The van der Waals surface area contributed by atoms with Crippen molar-refractivity contribution in [1.82, 2.24) is 4.90 Å². The molecule has 2 amide bonds. The van der Waals surface area contributed by atoms with Crippen molar-refractivity contribution in [2.45, 2.75) is 19.9 Å². The van der Waals surface area contributed by atoms with Gasteiger partial charge in [-0.15, -0.1) is 11.8 Å². The Kier molecular flexibility index (Phi) is 7.10. The lowest BCUT2D eigenvalue weighted by atomic mass is 10.1. The first kappa shape index (κ1) is 20.3. The minimum absolute atomic E-state index is 0.176. The number of benzene rings is 1. The SMILES string of the molecule is CC(=O)Nc1ccc(C(=O)SC[C@@H](C)C(=O)N2CSC[C@H]2C(=O)O)cc1. The van der Waals surface area contributed by atoms with Crippen LogP contribution in [-0.2, 0) is 14.4 Å². The molecule has 26 heavy (non-hydrogen) atoms. The lowest BCUT2D eigenvalue weighted by molar-refractivity contribution is -0.148. The van der Waals surface area contributed by atoms with Crippen LogP contribution in [-0.4, -0.2) is 56.3 Å². The van der Waals surface area contributed by atoms with Crippen molar-refractivity contribution in [2.75, 3.05) is 22.7 Å². The molecule has 1 heterocycles. The predicted octanol–water partition coefficient (Wildman–Crippen LogP) is 2.14. The van der Waals surface area contributed by atoms with E-state index in [0.29, 0.717) is 22.9 Å². The van der Waals surface area contributed by atoms with Gasteiger partial charge in [0, 0.05) is 35.6 Å². The second-order valence-corrected chi connectivity index (χ2v) is 7.91. The molecular formula is C17H20N2O5S2. The maximum Gasteiger partial charge on any atom is 0.327 e. The second-order valence-electron chi connectivity index (χ2n) is 5.92. The molecule has 7 nitrogen and oxygen atoms in total.